The summed E-state index contributed by atoms with van der Waals surface area (Å²) in [7, 11) is 0. The molecule has 1 nitrogen and oxygen atoms in total. The summed E-state index contributed by atoms with van der Waals surface area (Å²) in [6.45, 7) is 24.2. The normalized spacial score (nSPS) is 39.2. The van der Waals surface area contributed by atoms with E-state index in [1.54, 1.807) is 22.3 Å². The predicted molar refractivity (Wildman–Crippen MR) is 146 cm³/mol. The number of ketones is 1. The third kappa shape index (κ3) is 4.10. The van der Waals surface area contributed by atoms with Gasteiger partial charge in [-0.1, -0.05) is 91.5 Å². The summed E-state index contributed by atoms with van der Waals surface area (Å²) in [5.41, 5.74) is 7.65. The highest BCUT2D eigenvalue weighted by atomic mass is 16.1. The second-order valence-corrected chi connectivity index (χ2v) is 15.1. The van der Waals surface area contributed by atoms with Crippen LogP contribution >= 0.6 is 0 Å². The van der Waals surface area contributed by atoms with Crippen LogP contribution in [0.3, 0.4) is 0 Å². The highest BCUT2D eigenvalue weighted by molar-refractivity contribution is 5.84. The lowest BCUT2D eigenvalue weighted by Crippen LogP contribution is -2.48. The van der Waals surface area contributed by atoms with E-state index in [9.17, 15) is 4.79 Å². The van der Waals surface area contributed by atoms with E-state index >= 15 is 0 Å². The fourth-order valence-electron chi connectivity index (χ4n) is 8.73. The molecule has 0 heterocycles. The highest BCUT2D eigenvalue weighted by Crippen LogP contribution is 2.59. The van der Waals surface area contributed by atoms with Crippen LogP contribution in [0.4, 0.5) is 0 Å². The summed E-state index contributed by atoms with van der Waals surface area (Å²) in [5, 5.41) is 0. The maximum absolute atomic E-state index is 14.4. The number of Topliss-reactive ketones (excluding diaryl/α,β-unsaturated/α-hetero) is 1. The van der Waals surface area contributed by atoms with Gasteiger partial charge in [-0.2, -0.15) is 0 Å². The number of allylic oxidation sites excluding steroid dienone is 4. The molecule has 0 saturated carbocycles. The number of carbonyl (C=O) groups is 1. The Morgan fingerprint density at radius 3 is 1.41 bits per heavy atom. The van der Waals surface area contributed by atoms with Crippen molar-refractivity contribution in [1.82, 2.24) is 0 Å². The van der Waals surface area contributed by atoms with Crippen LogP contribution in [-0.2, 0) is 4.79 Å². The quantitative estimate of drug-likeness (QED) is 0.377. The summed E-state index contributed by atoms with van der Waals surface area (Å²) < 4.78 is 0. The molecule has 0 spiro atoms. The minimum Gasteiger partial charge on any atom is -0.299 e. The van der Waals surface area contributed by atoms with Crippen molar-refractivity contribution in [2.75, 3.05) is 0 Å². The van der Waals surface area contributed by atoms with E-state index < -0.39 is 0 Å². The summed E-state index contributed by atoms with van der Waals surface area (Å²) in [6.07, 6.45) is 12.5. The predicted octanol–water partition coefficient (Wildman–Crippen LogP) is 9.71. The maximum Gasteiger partial charge on any atom is 0.139 e. The molecular weight excluding hydrogens is 412 g/mol. The van der Waals surface area contributed by atoms with Crippen LogP contribution in [0.25, 0.3) is 0 Å². The fourth-order valence-corrected chi connectivity index (χ4v) is 8.73. The van der Waals surface area contributed by atoms with Crippen LogP contribution in [0, 0.1) is 45.3 Å². The molecule has 0 bridgehead atoms. The number of carbonyl (C=O) groups excluding carboxylic acids is 1. The molecule has 4 aliphatic carbocycles. The van der Waals surface area contributed by atoms with Gasteiger partial charge in [-0.3, -0.25) is 4.79 Å². The van der Waals surface area contributed by atoms with Crippen LogP contribution in [0.1, 0.15) is 133 Å². The molecule has 0 fully saturated rings. The smallest absolute Gasteiger partial charge is 0.139 e. The molecule has 0 aromatic heterocycles. The van der Waals surface area contributed by atoms with Gasteiger partial charge in [0.25, 0.3) is 0 Å². The fraction of sp³-hybridized carbons (Fsp3) is 0.848. The summed E-state index contributed by atoms with van der Waals surface area (Å²) in [4.78, 5) is 14.4. The Balaban J connectivity index is 1.60. The number of hydrogen-bond donors (Lipinski definition) is 0. The molecule has 0 radical (unpaired) electrons. The van der Waals surface area contributed by atoms with E-state index in [2.05, 4.69) is 69.2 Å². The van der Waals surface area contributed by atoms with Crippen LogP contribution in [0.2, 0.25) is 0 Å². The highest BCUT2D eigenvalue weighted by Gasteiger charge is 2.52. The molecule has 4 rings (SSSR count). The molecule has 0 amide bonds. The molecule has 0 saturated heterocycles. The first kappa shape index (κ1) is 26.2. The molecule has 0 N–H and O–H groups in total. The van der Waals surface area contributed by atoms with E-state index in [0.717, 1.165) is 12.8 Å². The van der Waals surface area contributed by atoms with Crippen molar-refractivity contribution in [3.8, 4) is 0 Å². The van der Waals surface area contributed by atoms with Crippen molar-refractivity contribution in [3.05, 3.63) is 22.3 Å². The maximum atomic E-state index is 14.4. The molecule has 0 aromatic rings. The third-order valence-corrected chi connectivity index (χ3v) is 12.4. The van der Waals surface area contributed by atoms with E-state index in [1.165, 1.54) is 51.4 Å². The average Bonchev–Trinajstić information content (AvgIpc) is 2.75. The van der Waals surface area contributed by atoms with E-state index in [-0.39, 0.29) is 22.7 Å². The van der Waals surface area contributed by atoms with Crippen molar-refractivity contribution in [1.29, 1.82) is 0 Å². The molecule has 1 heteroatoms. The standard InChI is InChI=1S/C33H54O/c1-21-17-25-13-11-15-30(5,6)27(25)19-32(21,9)23(3)29(34)24(4)33(10)20-28-26(18-22(33)2)14-12-16-31(28,7)8/h21-24H,11-20H2,1-10H3. The van der Waals surface area contributed by atoms with Crippen molar-refractivity contribution in [3.63, 3.8) is 0 Å². The minimum absolute atomic E-state index is 0.0710. The molecule has 6 atom stereocenters. The summed E-state index contributed by atoms with van der Waals surface area (Å²) >= 11 is 0. The third-order valence-electron chi connectivity index (χ3n) is 12.4. The van der Waals surface area contributed by atoms with Gasteiger partial charge in [-0.05, 0) is 97.7 Å². The zero-order chi connectivity index (χ0) is 25.3. The Labute approximate surface area is 211 Å². The summed E-state index contributed by atoms with van der Waals surface area (Å²) in [5.74, 6) is 1.93. The van der Waals surface area contributed by atoms with E-state index in [1.807, 2.05) is 0 Å². The van der Waals surface area contributed by atoms with Crippen molar-refractivity contribution in [2.24, 2.45) is 45.3 Å². The molecule has 6 unspecified atom stereocenters. The summed E-state index contributed by atoms with van der Waals surface area (Å²) in [6, 6.07) is 0. The van der Waals surface area contributed by atoms with Gasteiger partial charge in [-0.15, -0.1) is 0 Å². The lowest BCUT2D eigenvalue weighted by atomic mass is 9.51. The Hall–Kier alpha value is -0.850. The van der Waals surface area contributed by atoms with Gasteiger partial charge < -0.3 is 0 Å². The van der Waals surface area contributed by atoms with Gasteiger partial charge in [0, 0.05) is 11.8 Å². The zero-order valence-electron chi connectivity index (χ0n) is 24.3. The molecule has 192 valence electrons. The van der Waals surface area contributed by atoms with E-state index in [0.29, 0.717) is 28.4 Å². The lowest BCUT2D eigenvalue weighted by Gasteiger charge is -2.53. The SMILES string of the molecule is CC1CC2=C(CC1(C)C(C)C(=O)C(C)C1(C)CC3=C(CCCC3(C)C)CC1C)C(C)(C)CCC2. The van der Waals surface area contributed by atoms with Crippen molar-refractivity contribution < 1.29 is 4.79 Å². The Morgan fingerprint density at radius 2 is 1.06 bits per heavy atom. The second kappa shape index (κ2) is 8.62. The molecule has 4 aliphatic rings. The first-order valence-corrected chi connectivity index (χ1v) is 14.6. The van der Waals surface area contributed by atoms with Crippen molar-refractivity contribution >= 4 is 5.78 Å². The Morgan fingerprint density at radius 1 is 0.706 bits per heavy atom. The lowest BCUT2D eigenvalue weighted by molar-refractivity contribution is -0.137. The van der Waals surface area contributed by atoms with Crippen LogP contribution in [0.5, 0.6) is 0 Å². The van der Waals surface area contributed by atoms with Crippen LogP contribution in [0.15, 0.2) is 22.3 Å². The molecule has 0 aromatic carbocycles. The van der Waals surface area contributed by atoms with Gasteiger partial charge in [0.05, 0.1) is 0 Å². The number of rotatable bonds is 4. The van der Waals surface area contributed by atoms with E-state index in [4.69, 9.17) is 0 Å². The monoisotopic (exact) mass is 466 g/mol. The van der Waals surface area contributed by atoms with Gasteiger partial charge in [0.2, 0.25) is 0 Å². The molecule has 34 heavy (non-hydrogen) atoms. The van der Waals surface area contributed by atoms with Gasteiger partial charge in [0.1, 0.15) is 5.78 Å². The average molecular weight is 467 g/mol. The Kier molecular flexibility index (Phi) is 6.65. The first-order valence-electron chi connectivity index (χ1n) is 14.6. The first-order chi connectivity index (χ1) is 15.6. The largest absolute Gasteiger partial charge is 0.299 e. The topological polar surface area (TPSA) is 17.1 Å². The molecule has 0 aliphatic heterocycles. The minimum atomic E-state index is 0.0710. The Bertz CT molecular complexity index is 826. The van der Waals surface area contributed by atoms with Crippen molar-refractivity contribution in [2.45, 2.75) is 133 Å². The van der Waals surface area contributed by atoms with Crippen LogP contribution < -0.4 is 0 Å². The number of hydrogen-bond acceptors (Lipinski definition) is 1. The van der Waals surface area contributed by atoms with Gasteiger partial charge in [-0.25, -0.2) is 0 Å². The second-order valence-electron chi connectivity index (χ2n) is 15.1. The molecular formula is C33H54O. The van der Waals surface area contributed by atoms with Gasteiger partial charge >= 0.3 is 0 Å². The zero-order valence-corrected chi connectivity index (χ0v) is 24.3. The van der Waals surface area contributed by atoms with Crippen LogP contribution in [-0.4, -0.2) is 5.78 Å². The van der Waals surface area contributed by atoms with Gasteiger partial charge in [0.15, 0.2) is 0 Å².